The molecular weight excluding hydrogens is 265 g/mol. The van der Waals surface area contributed by atoms with E-state index in [4.69, 9.17) is 0 Å². The van der Waals surface area contributed by atoms with Gasteiger partial charge in [-0.3, -0.25) is 4.79 Å². The minimum atomic E-state index is -0.463. The van der Waals surface area contributed by atoms with Crippen molar-refractivity contribution in [3.8, 4) is 5.69 Å². The molecule has 8 heteroatoms. The first kappa shape index (κ1) is 12.3. The molecule has 0 saturated carbocycles. The van der Waals surface area contributed by atoms with Crippen molar-refractivity contribution in [2.75, 3.05) is 13.1 Å². The molecule has 2 heterocycles. The highest BCUT2D eigenvalue weighted by molar-refractivity contribution is 5.94. The number of aromatic amines is 1. The van der Waals surface area contributed by atoms with Crippen LogP contribution in [0.2, 0.25) is 0 Å². The van der Waals surface area contributed by atoms with E-state index < -0.39 is 5.69 Å². The van der Waals surface area contributed by atoms with E-state index >= 15 is 0 Å². The monoisotopic (exact) mass is 275 g/mol. The Labute approximate surface area is 112 Å². The average molecular weight is 275 g/mol. The molecule has 0 aliphatic carbocycles. The highest BCUT2D eigenvalue weighted by atomic mass is 19.1. The number of halogens is 1. The predicted molar refractivity (Wildman–Crippen MR) is 67.1 cm³/mol. The molecule has 7 nitrogen and oxygen atoms in total. The Bertz CT molecular complexity index is 731. The van der Waals surface area contributed by atoms with E-state index in [2.05, 4.69) is 15.5 Å². The van der Waals surface area contributed by atoms with Crippen LogP contribution >= 0.6 is 0 Å². The lowest BCUT2D eigenvalue weighted by molar-refractivity contribution is 0.0793. The lowest BCUT2D eigenvalue weighted by atomic mass is 10.2. The number of hydrogen-bond donors (Lipinski definition) is 1. The smallest absolute Gasteiger partial charge is 0.328 e. The van der Waals surface area contributed by atoms with Crippen LogP contribution < -0.4 is 5.69 Å². The number of H-pyrrole nitrogens is 1. The molecule has 0 bridgehead atoms. The normalized spacial score (nSPS) is 14.4. The largest absolute Gasteiger partial charge is 0.365 e. The number of amides is 1. The molecular formula is C12H10FN5O2. The molecule has 0 fully saturated rings. The van der Waals surface area contributed by atoms with Gasteiger partial charge in [0.1, 0.15) is 5.83 Å². The van der Waals surface area contributed by atoms with E-state index in [-0.39, 0.29) is 24.8 Å². The summed E-state index contributed by atoms with van der Waals surface area (Å²) in [5.74, 6) is -0.558. The first-order chi connectivity index (χ1) is 9.65. The average Bonchev–Trinajstić information content (AvgIpc) is 3.07. The third kappa shape index (κ3) is 2.11. The van der Waals surface area contributed by atoms with Gasteiger partial charge in [-0.05, 0) is 40.8 Å². The number of aromatic nitrogens is 4. The van der Waals surface area contributed by atoms with Gasteiger partial charge in [0.05, 0.1) is 12.2 Å². The number of benzene rings is 1. The molecule has 1 aliphatic heterocycles. The highest BCUT2D eigenvalue weighted by Gasteiger charge is 2.20. The molecule has 3 rings (SSSR count). The lowest BCUT2D eigenvalue weighted by Gasteiger charge is -2.15. The second-order valence-electron chi connectivity index (χ2n) is 4.30. The standard InChI is InChI=1S/C12H10FN5O2/c13-9-5-6-17(7-9)11(19)8-1-3-10(4-2-8)18-12(20)14-15-16-18/h1-5H,6-7H2,(H,14,16,20). The summed E-state index contributed by atoms with van der Waals surface area (Å²) in [5.41, 5.74) is 0.453. The van der Waals surface area contributed by atoms with Gasteiger partial charge in [-0.15, -0.1) is 0 Å². The van der Waals surface area contributed by atoms with Gasteiger partial charge in [0, 0.05) is 12.1 Å². The van der Waals surface area contributed by atoms with Gasteiger partial charge in [0.15, 0.2) is 0 Å². The van der Waals surface area contributed by atoms with Crippen molar-refractivity contribution in [2.45, 2.75) is 0 Å². The highest BCUT2D eigenvalue weighted by Crippen LogP contribution is 2.15. The number of carbonyl (C=O) groups excluding carboxylic acids is 1. The van der Waals surface area contributed by atoms with Gasteiger partial charge in [0.25, 0.3) is 5.91 Å². The van der Waals surface area contributed by atoms with Crippen molar-refractivity contribution < 1.29 is 9.18 Å². The Kier molecular flexibility index (Phi) is 2.90. The number of tetrazole rings is 1. The third-order valence-corrected chi connectivity index (χ3v) is 2.99. The molecule has 102 valence electrons. The van der Waals surface area contributed by atoms with Gasteiger partial charge in [-0.25, -0.2) is 14.3 Å². The molecule has 20 heavy (non-hydrogen) atoms. The third-order valence-electron chi connectivity index (χ3n) is 2.99. The number of nitrogens with one attached hydrogen (secondary N) is 1. The van der Waals surface area contributed by atoms with Crippen LogP contribution in [0, 0.1) is 0 Å². The number of nitrogens with zero attached hydrogens (tertiary/aromatic N) is 4. The van der Waals surface area contributed by atoms with Crippen LogP contribution in [-0.4, -0.2) is 44.1 Å². The molecule has 0 unspecified atom stereocenters. The maximum Gasteiger partial charge on any atom is 0.365 e. The molecule has 0 saturated heterocycles. The van der Waals surface area contributed by atoms with E-state index in [1.807, 2.05) is 0 Å². The summed E-state index contributed by atoms with van der Waals surface area (Å²) in [5, 5.41) is 9.15. The second-order valence-corrected chi connectivity index (χ2v) is 4.30. The number of rotatable bonds is 2. The number of hydrogen-bond acceptors (Lipinski definition) is 4. The van der Waals surface area contributed by atoms with Crippen LogP contribution in [-0.2, 0) is 0 Å². The Hall–Kier alpha value is -2.77. The van der Waals surface area contributed by atoms with Crippen LogP contribution in [0.15, 0.2) is 41.0 Å². The molecule has 1 N–H and O–H groups in total. The van der Waals surface area contributed by atoms with E-state index in [0.29, 0.717) is 11.3 Å². The molecule has 1 amide bonds. The fourth-order valence-corrected chi connectivity index (χ4v) is 1.97. The second kappa shape index (κ2) is 4.72. The van der Waals surface area contributed by atoms with Crippen LogP contribution in [0.5, 0.6) is 0 Å². The van der Waals surface area contributed by atoms with Gasteiger partial charge in [-0.2, -0.15) is 4.68 Å². The molecule has 1 aromatic carbocycles. The summed E-state index contributed by atoms with van der Waals surface area (Å²) in [6.07, 6.45) is 1.38. The molecule has 1 aromatic heterocycles. The SMILES string of the molecule is O=C(c1ccc(-n2nn[nH]c2=O)cc1)N1CC=C(F)C1. The minimum absolute atomic E-state index is 0.00330. The molecule has 0 radical (unpaired) electrons. The zero-order valence-electron chi connectivity index (χ0n) is 10.3. The van der Waals surface area contributed by atoms with Crippen LogP contribution in [0.3, 0.4) is 0 Å². The van der Waals surface area contributed by atoms with Crippen molar-refractivity contribution in [1.29, 1.82) is 0 Å². The van der Waals surface area contributed by atoms with Gasteiger partial charge in [-0.1, -0.05) is 0 Å². The Balaban J connectivity index is 1.82. The van der Waals surface area contributed by atoms with Crippen molar-refractivity contribution in [3.63, 3.8) is 0 Å². The summed E-state index contributed by atoms with van der Waals surface area (Å²) in [4.78, 5) is 24.8. The summed E-state index contributed by atoms with van der Waals surface area (Å²) in [7, 11) is 0. The molecule has 0 spiro atoms. The zero-order chi connectivity index (χ0) is 14.1. The first-order valence-corrected chi connectivity index (χ1v) is 5.90. The quantitative estimate of drug-likeness (QED) is 0.852. The topological polar surface area (TPSA) is 83.9 Å². The molecule has 1 aliphatic rings. The predicted octanol–water partition coefficient (Wildman–Crippen LogP) is 0.265. The molecule has 2 aromatic rings. The minimum Gasteiger partial charge on any atom is -0.328 e. The fourth-order valence-electron chi connectivity index (χ4n) is 1.97. The Morgan fingerprint density at radius 3 is 2.60 bits per heavy atom. The van der Waals surface area contributed by atoms with E-state index in [9.17, 15) is 14.0 Å². The van der Waals surface area contributed by atoms with Gasteiger partial charge >= 0.3 is 5.69 Å². The van der Waals surface area contributed by atoms with Gasteiger partial charge in [0.2, 0.25) is 0 Å². The van der Waals surface area contributed by atoms with Crippen molar-refractivity contribution in [2.24, 2.45) is 0 Å². The van der Waals surface area contributed by atoms with Gasteiger partial charge < -0.3 is 4.90 Å². The number of carbonyl (C=O) groups is 1. The van der Waals surface area contributed by atoms with Crippen molar-refractivity contribution >= 4 is 5.91 Å². The summed E-state index contributed by atoms with van der Waals surface area (Å²) >= 11 is 0. The van der Waals surface area contributed by atoms with Crippen LogP contribution in [0.4, 0.5) is 4.39 Å². The van der Waals surface area contributed by atoms with Crippen LogP contribution in [0.1, 0.15) is 10.4 Å². The Morgan fingerprint density at radius 1 is 1.30 bits per heavy atom. The van der Waals surface area contributed by atoms with E-state index in [0.717, 1.165) is 4.68 Å². The summed E-state index contributed by atoms with van der Waals surface area (Å²) in [6.45, 7) is 0.276. The van der Waals surface area contributed by atoms with Crippen molar-refractivity contribution in [3.05, 3.63) is 52.2 Å². The van der Waals surface area contributed by atoms with Crippen LogP contribution in [0.25, 0.3) is 5.69 Å². The fraction of sp³-hybridized carbons (Fsp3) is 0.167. The zero-order valence-corrected chi connectivity index (χ0v) is 10.3. The maximum atomic E-state index is 13.0. The summed E-state index contributed by atoms with van der Waals surface area (Å²) in [6, 6.07) is 6.29. The molecule has 0 atom stereocenters. The summed E-state index contributed by atoms with van der Waals surface area (Å²) < 4.78 is 14.0. The van der Waals surface area contributed by atoms with E-state index in [1.54, 1.807) is 24.3 Å². The van der Waals surface area contributed by atoms with E-state index in [1.165, 1.54) is 11.0 Å². The lowest BCUT2D eigenvalue weighted by Crippen LogP contribution is -2.28. The maximum absolute atomic E-state index is 13.0. The Morgan fingerprint density at radius 2 is 2.05 bits per heavy atom. The first-order valence-electron chi connectivity index (χ1n) is 5.90. The van der Waals surface area contributed by atoms with Crippen molar-refractivity contribution in [1.82, 2.24) is 25.1 Å².